The lowest BCUT2D eigenvalue weighted by atomic mass is 10.2. The number of nitrogens with zero attached hydrogens (tertiary/aromatic N) is 5. The molecule has 0 bridgehead atoms. The van der Waals surface area contributed by atoms with Crippen molar-refractivity contribution in [1.29, 1.82) is 0 Å². The Morgan fingerprint density at radius 2 is 1.93 bits per heavy atom. The number of rotatable bonds is 5. The molecule has 1 aliphatic heterocycles. The standard InChI is InChI=1S/C20H25N5O3S/c1-14(2)20-22-18(28-23-20)13-24-7-9-25(10-8-24)29(26,27)17-6-4-5-16-11-15(3)12-21-19(16)17/h4-6,11-12,14H,7-10,13H2,1-3H3. The zero-order chi connectivity index (χ0) is 20.6. The van der Waals surface area contributed by atoms with Gasteiger partial charge in [0.2, 0.25) is 15.9 Å². The molecule has 154 valence electrons. The van der Waals surface area contributed by atoms with E-state index in [2.05, 4.69) is 20.0 Å². The summed E-state index contributed by atoms with van der Waals surface area (Å²) < 4.78 is 33.4. The van der Waals surface area contributed by atoms with Gasteiger partial charge in [0.25, 0.3) is 0 Å². The Morgan fingerprint density at radius 3 is 2.62 bits per heavy atom. The van der Waals surface area contributed by atoms with Gasteiger partial charge in [-0.05, 0) is 24.6 Å². The second-order valence-corrected chi connectivity index (χ2v) is 9.63. The first-order chi connectivity index (χ1) is 13.8. The summed E-state index contributed by atoms with van der Waals surface area (Å²) in [6.45, 7) is 8.55. The van der Waals surface area contributed by atoms with Crippen LogP contribution >= 0.6 is 0 Å². The molecule has 2 aromatic heterocycles. The van der Waals surface area contributed by atoms with Gasteiger partial charge in [0.05, 0.1) is 12.1 Å². The van der Waals surface area contributed by atoms with Gasteiger partial charge in [0.15, 0.2) is 5.82 Å². The average Bonchev–Trinajstić information content (AvgIpc) is 3.16. The minimum absolute atomic E-state index is 0.215. The number of para-hydroxylation sites is 1. The van der Waals surface area contributed by atoms with Crippen molar-refractivity contribution in [1.82, 2.24) is 24.3 Å². The fraction of sp³-hybridized carbons (Fsp3) is 0.450. The molecule has 0 saturated carbocycles. The van der Waals surface area contributed by atoms with Crippen molar-refractivity contribution >= 4 is 20.9 Å². The quantitative estimate of drug-likeness (QED) is 0.632. The van der Waals surface area contributed by atoms with E-state index >= 15 is 0 Å². The number of piperazine rings is 1. The van der Waals surface area contributed by atoms with Gasteiger partial charge >= 0.3 is 0 Å². The van der Waals surface area contributed by atoms with Gasteiger partial charge in [0.1, 0.15) is 4.90 Å². The average molecular weight is 416 g/mol. The van der Waals surface area contributed by atoms with E-state index in [9.17, 15) is 8.42 Å². The summed E-state index contributed by atoms with van der Waals surface area (Å²) in [5, 5.41) is 4.82. The molecule has 0 radical (unpaired) electrons. The highest BCUT2D eigenvalue weighted by atomic mass is 32.2. The first-order valence-electron chi connectivity index (χ1n) is 9.75. The van der Waals surface area contributed by atoms with Crippen LogP contribution < -0.4 is 0 Å². The minimum Gasteiger partial charge on any atom is -0.338 e. The fourth-order valence-electron chi connectivity index (χ4n) is 3.48. The monoisotopic (exact) mass is 415 g/mol. The van der Waals surface area contributed by atoms with Gasteiger partial charge in [-0.1, -0.05) is 31.1 Å². The minimum atomic E-state index is -3.61. The lowest BCUT2D eigenvalue weighted by molar-refractivity contribution is 0.163. The summed E-state index contributed by atoms with van der Waals surface area (Å²) in [7, 11) is -3.61. The molecule has 1 aromatic carbocycles. The van der Waals surface area contributed by atoms with Crippen LogP contribution in [0.2, 0.25) is 0 Å². The SMILES string of the molecule is Cc1cnc2c(S(=O)(=O)N3CCN(Cc4nc(C(C)C)no4)CC3)cccc2c1. The first-order valence-corrected chi connectivity index (χ1v) is 11.2. The van der Waals surface area contributed by atoms with Crippen LogP contribution in [0.15, 0.2) is 39.9 Å². The van der Waals surface area contributed by atoms with Crippen LogP contribution in [0.4, 0.5) is 0 Å². The van der Waals surface area contributed by atoms with Crippen molar-refractivity contribution in [3.05, 3.63) is 47.7 Å². The highest BCUT2D eigenvalue weighted by Gasteiger charge is 2.30. The number of pyridine rings is 1. The maximum atomic E-state index is 13.3. The van der Waals surface area contributed by atoms with Crippen LogP contribution in [-0.4, -0.2) is 58.9 Å². The topological polar surface area (TPSA) is 92.4 Å². The predicted molar refractivity (Wildman–Crippen MR) is 109 cm³/mol. The second-order valence-electron chi connectivity index (χ2n) is 7.72. The number of aromatic nitrogens is 3. The van der Waals surface area contributed by atoms with Crippen molar-refractivity contribution in [2.45, 2.75) is 38.1 Å². The Balaban J connectivity index is 1.48. The molecule has 1 fully saturated rings. The Hall–Kier alpha value is -2.36. The fourth-order valence-corrected chi connectivity index (χ4v) is 5.06. The molecule has 1 aliphatic rings. The molecular weight excluding hydrogens is 390 g/mol. The van der Waals surface area contributed by atoms with E-state index in [4.69, 9.17) is 4.52 Å². The molecule has 29 heavy (non-hydrogen) atoms. The van der Waals surface area contributed by atoms with Crippen LogP contribution in [0.5, 0.6) is 0 Å². The van der Waals surface area contributed by atoms with Gasteiger partial charge in [-0.25, -0.2) is 8.42 Å². The summed E-state index contributed by atoms with van der Waals surface area (Å²) in [5.74, 6) is 1.48. The van der Waals surface area contributed by atoms with E-state index in [-0.39, 0.29) is 10.8 Å². The smallest absolute Gasteiger partial charge is 0.245 e. The van der Waals surface area contributed by atoms with Crippen molar-refractivity contribution in [3.8, 4) is 0 Å². The van der Waals surface area contributed by atoms with Gasteiger partial charge in [0, 0.05) is 43.7 Å². The largest absolute Gasteiger partial charge is 0.338 e. The van der Waals surface area contributed by atoms with Gasteiger partial charge in [-0.3, -0.25) is 9.88 Å². The van der Waals surface area contributed by atoms with Crippen molar-refractivity contribution < 1.29 is 12.9 Å². The van der Waals surface area contributed by atoms with Crippen LogP contribution in [0.25, 0.3) is 10.9 Å². The normalized spacial score (nSPS) is 16.7. The molecule has 3 aromatic rings. The highest BCUT2D eigenvalue weighted by molar-refractivity contribution is 7.89. The van der Waals surface area contributed by atoms with E-state index in [0.29, 0.717) is 50.0 Å². The van der Waals surface area contributed by atoms with Gasteiger partial charge < -0.3 is 4.52 Å². The van der Waals surface area contributed by atoms with Crippen LogP contribution in [0.3, 0.4) is 0 Å². The Bertz CT molecular complexity index is 1120. The van der Waals surface area contributed by atoms with E-state index in [1.54, 1.807) is 18.3 Å². The molecule has 0 amide bonds. The molecule has 8 nitrogen and oxygen atoms in total. The third kappa shape index (κ3) is 4.03. The zero-order valence-corrected chi connectivity index (χ0v) is 17.7. The first kappa shape index (κ1) is 19.9. The van der Waals surface area contributed by atoms with Gasteiger partial charge in [-0.2, -0.15) is 9.29 Å². The molecule has 1 saturated heterocycles. The number of fused-ring (bicyclic) bond motifs is 1. The van der Waals surface area contributed by atoms with Gasteiger partial charge in [-0.15, -0.1) is 0 Å². The number of aryl methyl sites for hydroxylation is 1. The third-order valence-corrected chi connectivity index (χ3v) is 7.05. The second kappa shape index (κ2) is 7.81. The molecule has 3 heterocycles. The summed E-state index contributed by atoms with van der Waals surface area (Å²) >= 11 is 0. The summed E-state index contributed by atoms with van der Waals surface area (Å²) in [6.07, 6.45) is 1.70. The maximum Gasteiger partial charge on any atom is 0.245 e. The lowest BCUT2D eigenvalue weighted by Crippen LogP contribution is -2.48. The predicted octanol–water partition coefficient (Wildman–Crippen LogP) is 2.56. The summed E-state index contributed by atoms with van der Waals surface area (Å²) in [5.41, 5.74) is 1.52. The molecule has 4 rings (SSSR count). The number of hydrogen-bond donors (Lipinski definition) is 0. The van der Waals surface area contributed by atoms with E-state index < -0.39 is 10.0 Å². The zero-order valence-electron chi connectivity index (χ0n) is 16.9. The number of benzene rings is 1. The molecule has 0 atom stereocenters. The highest BCUT2D eigenvalue weighted by Crippen LogP contribution is 2.25. The summed E-state index contributed by atoms with van der Waals surface area (Å²) in [4.78, 5) is 11.2. The Labute approximate surface area is 170 Å². The Kier molecular flexibility index (Phi) is 5.37. The van der Waals surface area contributed by atoms with Crippen LogP contribution in [-0.2, 0) is 16.6 Å². The lowest BCUT2D eigenvalue weighted by Gasteiger charge is -2.33. The van der Waals surface area contributed by atoms with E-state index in [1.165, 1.54) is 4.31 Å². The molecule has 0 N–H and O–H groups in total. The number of sulfonamides is 1. The third-order valence-electron chi connectivity index (χ3n) is 5.12. The number of hydrogen-bond acceptors (Lipinski definition) is 7. The molecule has 0 aliphatic carbocycles. The van der Waals surface area contributed by atoms with Crippen LogP contribution in [0, 0.1) is 6.92 Å². The molecule has 0 spiro atoms. The molecule has 0 unspecified atom stereocenters. The molecule has 9 heteroatoms. The Morgan fingerprint density at radius 1 is 1.17 bits per heavy atom. The van der Waals surface area contributed by atoms with E-state index in [0.717, 1.165) is 10.9 Å². The summed E-state index contributed by atoms with van der Waals surface area (Å²) in [6, 6.07) is 7.25. The molecular formula is C20H25N5O3S. The maximum absolute atomic E-state index is 13.3. The van der Waals surface area contributed by atoms with Crippen molar-refractivity contribution in [2.24, 2.45) is 0 Å². The van der Waals surface area contributed by atoms with Crippen molar-refractivity contribution in [3.63, 3.8) is 0 Å². The van der Waals surface area contributed by atoms with E-state index in [1.807, 2.05) is 32.9 Å². The van der Waals surface area contributed by atoms with Crippen molar-refractivity contribution in [2.75, 3.05) is 26.2 Å². The van der Waals surface area contributed by atoms with Crippen LogP contribution in [0.1, 0.15) is 37.0 Å².